The molecule has 0 atom stereocenters. The van der Waals surface area contributed by atoms with Crippen LogP contribution >= 0.6 is 0 Å². The molecule has 1 spiro atoms. The molecule has 0 saturated carbocycles. The number of anilines is 1. The standard InChI is InChI=1S/C18H23N5O/c19-16-14-2-1-13(11-15(14)21-12-22-16)17(24)23-9-5-18(6-10-23)3-7-20-8-4-18/h1-2,11-12,20H,3-10H2,(H2,19,21,22). The number of benzene rings is 1. The van der Waals surface area contributed by atoms with Crippen LogP contribution in [0.4, 0.5) is 5.82 Å². The van der Waals surface area contributed by atoms with Crippen molar-refractivity contribution >= 4 is 22.6 Å². The zero-order valence-corrected chi connectivity index (χ0v) is 13.8. The molecule has 0 unspecified atom stereocenters. The molecule has 24 heavy (non-hydrogen) atoms. The summed E-state index contributed by atoms with van der Waals surface area (Å²) < 4.78 is 0. The Hall–Kier alpha value is -2.21. The van der Waals surface area contributed by atoms with Gasteiger partial charge in [-0.05, 0) is 62.4 Å². The van der Waals surface area contributed by atoms with E-state index in [0.717, 1.165) is 49.9 Å². The number of aromatic nitrogens is 2. The molecule has 6 nitrogen and oxygen atoms in total. The highest BCUT2D eigenvalue weighted by Gasteiger charge is 2.36. The first-order chi connectivity index (χ1) is 11.7. The van der Waals surface area contributed by atoms with Crippen molar-refractivity contribution in [3.63, 3.8) is 0 Å². The SMILES string of the molecule is Nc1ncnc2cc(C(=O)N3CCC4(CCNCC4)CC3)ccc12. The second kappa shape index (κ2) is 6.02. The van der Waals surface area contributed by atoms with Gasteiger partial charge in [-0.25, -0.2) is 9.97 Å². The van der Waals surface area contributed by atoms with E-state index in [4.69, 9.17) is 5.73 Å². The Bertz CT molecular complexity index is 759. The van der Waals surface area contributed by atoms with Crippen molar-refractivity contribution in [2.75, 3.05) is 31.9 Å². The third-order valence-electron chi connectivity index (χ3n) is 5.69. The van der Waals surface area contributed by atoms with E-state index in [1.165, 1.54) is 19.2 Å². The van der Waals surface area contributed by atoms with Crippen molar-refractivity contribution in [1.82, 2.24) is 20.2 Å². The van der Waals surface area contributed by atoms with Crippen LogP contribution in [0.2, 0.25) is 0 Å². The second-order valence-electron chi connectivity index (χ2n) is 7.03. The quantitative estimate of drug-likeness (QED) is 0.835. The largest absolute Gasteiger partial charge is 0.383 e. The molecule has 3 N–H and O–H groups in total. The molecule has 1 amide bonds. The lowest BCUT2D eigenvalue weighted by Crippen LogP contribution is -2.47. The number of nitrogens with one attached hydrogen (secondary N) is 1. The number of carbonyl (C=O) groups is 1. The van der Waals surface area contributed by atoms with Crippen LogP contribution in [0.15, 0.2) is 24.5 Å². The summed E-state index contributed by atoms with van der Waals surface area (Å²) in [6.07, 6.45) is 6.14. The highest BCUT2D eigenvalue weighted by atomic mass is 16.2. The van der Waals surface area contributed by atoms with Crippen LogP contribution in [0.5, 0.6) is 0 Å². The zero-order chi connectivity index (χ0) is 16.6. The number of nitrogens with two attached hydrogens (primary N) is 1. The lowest BCUT2D eigenvalue weighted by molar-refractivity contribution is 0.0496. The average molecular weight is 325 g/mol. The summed E-state index contributed by atoms with van der Waals surface area (Å²) in [5.74, 6) is 0.544. The van der Waals surface area contributed by atoms with E-state index in [1.807, 2.05) is 23.1 Å². The molecule has 2 aromatic rings. The van der Waals surface area contributed by atoms with Crippen molar-refractivity contribution in [1.29, 1.82) is 0 Å². The van der Waals surface area contributed by atoms with Crippen molar-refractivity contribution in [2.24, 2.45) is 5.41 Å². The van der Waals surface area contributed by atoms with E-state index in [0.29, 0.717) is 16.8 Å². The summed E-state index contributed by atoms with van der Waals surface area (Å²) in [4.78, 5) is 23.0. The first-order valence-electron chi connectivity index (χ1n) is 8.67. The average Bonchev–Trinajstić information content (AvgIpc) is 2.62. The number of likely N-dealkylation sites (tertiary alicyclic amines) is 1. The molecule has 2 aliphatic heterocycles. The van der Waals surface area contributed by atoms with Crippen LogP contribution < -0.4 is 11.1 Å². The van der Waals surface area contributed by atoms with Crippen LogP contribution in [-0.4, -0.2) is 47.0 Å². The number of rotatable bonds is 1. The fraction of sp³-hybridized carbons (Fsp3) is 0.500. The summed E-state index contributed by atoms with van der Waals surface area (Å²) in [5.41, 5.74) is 7.71. The summed E-state index contributed by atoms with van der Waals surface area (Å²) in [6, 6.07) is 5.50. The van der Waals surface area contributed by atoms with Gasteiger partial charge in [0.1, 0.15) is 12.1 Å². The predicted octanol–water partition coefficient (Wildman–Crippen LogP) is 1.82. The maximum Gasteiger partial charge on any atom is 0.253 e. The monoisotopic (exact) mass is 325 g/mol. The number of piperidine rings is 2. The zero-order valence-electron chi connectivity index (χ0n) is 13.8. The highest BCUT2D eigenvalue weighted by Crippen LogP contribution is 2.39. The molecule has 3 heterocycles. The number of fused-ring (bicyclic) bond motifs is 1. The predicted molar refractivity (Wildman–Crippen MR) is 93.6 cm³/mol. The first kappa shape index (κ1) is 15.3. The summed E-state index contributed by atoms with van der Waals surface area (Å²) in [5, 5.41) is 4.23. The normalized spacial score (nSPS) is 20.4. The maximum atomic E-state index is 12.8. The third kappa shape index (κ3) is 2.71. The van der Waals surface area contributed by atoms with Crippen molar-refractivity contribution in [3.8, 4) is 0 Å². The van der Waals surface area contributed by atoms with E-state index in [9.17, 15) is 4.79 Å². The Morgan fingerprint density at radius 1 is 1.12 bits per heavy atom. The molecule has 2 saturated heterocycles. The van der Waals surface area contributed by atoms with Crippen LogP contribution in [0, 0.1) is 5.41 Å². The molecule has 2 aliphatic rings. The minimum atomic E-state index is 0.0952. The van der Waals surface area contributed by atoms with Gasteiger partial charge in [0, 0.05) is 24.0 Å². The number of hydrogen-bond donors (Lipinski definition) is 2. The fourth-order valence-corrected chi connectivity index (χ4v) is 4.03. The number of carbonyl (C=O) groups excluding carboxylic acids is 1. The van der Waals surface area contributed by atoms with Crippen molar-refractivity contribution in [3.05, 3.63) is 30.1 Å². The van der Waals surface area contributed by atoms with Gasteiger partial charge in [0.05, 0.1) is 5.52 Å². The van der Waals surface area contributed by atoms with Gasteiger partial charge in [0.25, 0.3) is 5.91 Å². The van der Waals surface area contributed by atoms with Gasteiger partial charge in [0.2, 0.25) is 0 Å². The fourth-order valence-electron chi connectivity index (χ4n) is 4.03. The minimum Gasteiger partial charge on any atom is -0.383 e. The van der Waals surface area contributed by atoms with Gasteiger partial charge in [-0.2, -0.15) is 0 Å². The molecule has 6 heteroatoms. The highest BCUT2D eigenvalue weighted by molar-refractivity contribution is 5.99. The van der Waals surface area contributed by atoms with Crippen molar-refractivity contribution in [2.45, 2.75) is 25.7 Å². The smallest absolute Gasteiger partial charge is 0.253 e. The molecular weight excluding hydrogens is 302 g/mol. The molecule has 0 aliphatic carbocycles. The number of nitrogens with zero attached hydrogens (tertiary/aromatic N) is 3. The third-order valence-corrected chi connectivity index (χ3v) is 5.69. The van der Waals surface area contributed by atoms with Crippen molar-refractivity contribution < 1.29 is 4.79 Å². The van der Waals surface area contributed by atoms with Gasteiger partial charge in [-0.15, -0.1) is 0 Å². The summed E-state index contributed by atoms with van der Waals surface area (Å²) >= 11 is 0. The maximum absolute atomic E-state index is 12.8. The Balaban J connectivity index is 1.50. The number of amides is 1. The van der Waals surface area contributed by atoms with Crippen LogP contribution in [0.1, 0.15) is 36.0 Å². The lowest BCUT2D eigenvalue weighted by atomic mass is 9.71. The van der Waals surface area contributed by atoms with E-state index in [-0.39, 0.29) is 5.91 Å². The van der Waals surface area contributed by atoms with E-state index >= 15 is 0 Å². The molecule has 4 rings (SSSR count). The van der Waals surface area contributed by atoms with Gasteiger partial charge in [-0.1, -0.05) is 0 Å². The Morgan fingerprint density at radius 3 is 2.62 bits per heavy atom. The van der Waals surface area contributed by atoms with E-state index in [2.05, 4.69) is 15.3 Å². The van der Waals surface area contributed by atoms with Crippen LogP contribution in [0.25, 0.3) is 10.9 Å². The Morgan fingerprint density at radius 2 is 1.88 bits per heavy atom. The molecule has 0 bridgehead atoms. The number of hydrogen-bond acceptors (Lipinski definition) is 5. The summed E-state index contributed by atoms with van der Waals surface area (Å²) in [7, 11) is 0. The molecule has 1 aromatic heterocycles. The molecule has 0 radical (unpaired) electrons. The minimum absolute atomic E-state index is 0.0952. The molecule has 2 fully saturated rings. The molecular formula is C18H23N5O. The van der Waals surface area contributed by atoms with Gasteiger partial charge >= 0.3 is 0 Å². The Kier molecular flexibility index (Phi) is 3.84. The molecule has 126 valence electrons. The summed E-state index contributed by atoms with van der Waals surface area (Å²) in [6.45, 7) is 3.92. The topological polar surface area (TPSA) is 84.1 Å². The van der Waals surface area contributed by atoms with Gasteiger partial charge < -0.3 is 16.0 Å². The van der Waals surface area contributed by atoms with E-state index < -0.39 is 0 Å². The lowest BCUT2D eigenvalue weighted by Gasteiger charge is -2.44. The van der Waals surface area contributed by atoms with Crippen LogP contribution in [-0.2, 0) is 0 Å². The van der Waals surface area contributed by atoms with Gasteiger partial charge in [-0.3, -0.25) is 4.79 Å². The Labute approximate surface area is 141 Å². The van der Waals surface area contributed by atoms with Gasteiger partial charge in [0.15, 0.2) is 0 Å². The first-order valence-corrected chi connectivity index (χ1v) is 8.67. The second-order valence-corrected chi connectivity index (χ2v) is 7.03. The van der Waals surface area contributed by atoms with E-state index in [1.54, 1.807) is 0 Å². The molecule has 1 aromatic carbocycles. The number of nitrogen functional groups attached to an aromatic ring is 1. The van der Waals surface area contributed by atoms with Crippen LogP contribution in [0.3, 0.4) is 0 Å².